The minimum absolute atomic E-state index is 0.121. The van der Waals surface area contributed by atoms with Crippen LogP contribution < -0.4 is 10.1 Å². The zero-order valence-electron chi connectivity index (χ0n) is 11.3. The third-order valence-corrected chi connectivity index (χ3v) is 3.10. The van der Waals surface area contributed by atoms with E-state index in [2.05, 4.69) is 19.2 Å². The molecule has 0 saturated heterocycles. The van der Waals surface area contributed by atoms with Gasteiger partial charge in [0.25, 0.3) is 5.69 Å². The van der Waals surface area contributed by atoms with Gasteiger partial charge in [0, 0.05) is 11.6 Å². The van der Waals surface area contributed by atoms with E-state index in [1.807, 2.05) is 7.05 Å². The molecule has 5 heteroatoms. The summed E-state index contributed by atoms with van der Waals surface area (Å²) in [6.45, 7) is 4.19. The number of nitro groups is 1. The molecule has 0 aliphatic rings. The third kappa shape index (κ3) is 3.43. The van der Waals surface area contributed by atoms with Crippen molar-refractivity contribution in [1.29, 1.82) is 0 Å². The molecule has 0 spiro atoms. The highest BCUT2D eigenvalue weighted by Crippen LogP contribution is 2.26. The van der Waals surface area contributed by atoms with Crippen molar-refractivity contribution in [1.82, 2.24) is 5.32 Å². The van der Waals surface area contributed by atoms with Gasteiger partial charge in [-0.1, -0.05) is 13.8 Å². The number of hydrogen-bond donors (Lipinski definition) is 1. The number of nitro benzene ring substituents is 1. The van der Waals surface area contributed by atoms with Crippen LogP contribution in [0.2, 0.25) is 0 Å². The number of methoxy groups -OCH3 is 1. The Morgan fingerprint density at radius 3 is 2.56 bits per heavy atom. The summed E-state index contributed by atoms with van der Waals surface area (Å²) in [6.07, 6.45) is 0.633. The monoisotopic (exact) mass is 252 g/mol. The number of nitrogens with zero attached hydrogens (tertiary/aromatic N) is 1. The van der Waals surface area contributed by atoms with Gasteiger partial charge in [0.15, 0.2) is 0 Å². The summed E-state index contributed by atoms with van der Waals surface area (Å²) in [6, 6.07) is 5.22. The normalized spacial score (nSPS) is 12.5. The number of hydrogen-bond acceptors (Lipinski definition) is 4. The molecule has 5 nitrogen and oxygen atoms in total. The minimum Gasteiger partial charge on any atom is -0.497 e. The van der Waals surface area contributed by atoms with Crippen LogP contribution in [-0.2, 0) is 6.42 Å². The molecule has 1 aromatic rings. The van der Waals surface area contributed by atoms with Crippen molar-refractivity contribution in [2.24, 2.45) is 5.92 Å². The van der Waals surface area contributed by atoms with Crippen LogP contribution in [0.3, 0.4) is 0 Å². The van der Waals surface area contributed by atoms with E-state index in [1.165, 1.54) is 13.2 Å². The summed E-state index contributed by atoms with van der Waals surface area (Å²) in [5.74, 6) is 0.924. The van der Waals surface area contributed by atoms with Crippen LogP contribution in [0.25, 0.3) is 0 Å². The van der Waals surface area contributed by atoms with Gasteiger partial charge in [-0.05, 0) is 31.5 Å². The van der Waals surface area contributed by atoms with Crippen LogP contribution in [0, 0.1) is 16.0 Å². The molecule has 0 saturated carbocycles. The fourth-order valence-corrected chi connectivity index (χ4v) is 1.92. The fourth-order valence-electron chi connectivity index (χ4n) is 1.92. The Morgan fingerprint density at radius 2 is 2.11 bits per heavy atom. The molecular weight excluding hydrogens is 232 g/mol. The molecule has 0 bridgehead atoms. The summed E-state index contributed by atoms with van der Waals surface area (Å²) in [5.41, 5.74) is 0.851. The molecule has 0 aliphatic heterocycles. The van der Waals surface area contributed by atoms with Crippen LogP contribution in [0.1, 0.15) is 19.4 Å². The van der Waals surface area contributed by atoms with E-state index in [0.717, 1.165) is 5.56 Å². The van der Waals surface area contributed by atoms with Gasteiger partial charge in [-0.15, -0.1) is 0 Å². The molecule has 1 unspecified atom stereocenters. The lowest BCUT2D eigenvalue weighted by atomic mass is 9.95. The van der Waals surface area contributed by atoms with Crippen LogP contribution in [0.15, 0.2) is 18.2 Å². The highest BCUT2D eigenvalue weighted by molar-refractivity contribution is 5.46. The van der Waals surface area contributed by atoms with E-state index in [0.29, 0.717) is 18.1 Å². The first-order valence-corrected chi connectivity index (χ1v) is 5.98. The van der Waals surface area contributed by atoms with Gasteiger partial charge in [0.1, 0.15) is 5.75 Å². The molecular formula is C13H20N2O3. The van der Waals surface area contributed by atoms with Crippen LogP contribution in [0.4, 0.5) is 5.69 Å². The van der Waals surface area contributed by atoms with E-state index in [9.17, 15) is 10.1 Å². The van der Waals surface area contributed by atoms with Crippen molar-refractivity contribution >= 4 is 5.69 Å². The fraction of sp³-hybridized carbons (Fsp3) is 0.538. The lowest BCUT2D eigenvalue weighted by Gasteiger charge is -2.20. The second kappa shape index (κ2) is 6.35. The summed E-state index contributed by atoms with van der Waals surface area (Å²) in [7, 11) is 3.38. The van der Waals surface area contributed by atoms with Crippen LogP contribution >= 0.6 is 0 Å². The Hall–Kier alpha value is -1.62. The molecule has 1 atom stereocenters. The number of ether oxygens (including phenoxy) is 1. The molecule has 0 fully saturated rings. The van der Waals surface area contributed by atoms with Crippen molar-refractivity contribution < 1.29 is 9.66 Å². The summed E-state index contributed by atoms with van der Waals surface area (Å²) in [5, 5.41) is 14.3. The molecule has 0 heterocycles. The summed E-state index contributed by atoms with van der Waals surface area (Å²) >= 11 is 0. The first-order valence-electron chi connectivity index (χ1n) is 5.98. The second-order valence-corrected chi connectivity index (χ2v) is 4.60. The van der Waals surface area contributed by atoms with E-state index in [1.54, 1.807) is 12.1 Å². The smallest absolute Gasteiger partial charge is 0.276 e. The predicted molar refractivity (Wildman–Crippen MR) is 71.0 cm³/mol. The van der Waals surface area contributed by atoms with E-state index in [4.69, 9.17) is 4.74 Å². The molecule has 100 valence electrons. The summed E-state index contributed by atoms with van der Waals surface area (Å²) in [4.78, 5) is 10.7. The number of nitrogens with one attached hydrogen (secondary N) is 1. The Kier molecular flexibility index (Phi) is 5.09. The highest BCUT2D eigenvalue weighted by atomic mass is 16.6. The zero-order valence-corrected chi connectivity index (χ0v) is 11.3. The largest absolute Gasteiger partial charge is 0.497 e. The Bertz CT molecular complexity index is 419. The topological polar surface area (TPSA) is 64.4 Å². The lowest BCUT2D eigenvalue weighted by molar-refractivity contribution is -0.385. The number of likely N-dealkylation sites (N-methyl/N-ethyl adjacent to an activating group) is 1. The maximum atomic E-state index is 11.1. The van der Waals surface area contributed by atoms with Crippen molar-refractivity contribution in [3.05, 3.63) is 33.9 Å². The molecule has 0 aliphatic carbocycles. The van der Waals surface area contributed by atoms with Crippen LogP contribution in [0.5, 0.6) is 5.75 Å². The second-order valence-electron chi connectivity index (χ2n) is 4.60. The Balaban J connectivity index is 3.04. The molecule has 1 N–H and O–H groups in total. The maximum absolute atomic E-state index is 11.1. The number of rotatable bonds is 6. The van der Waals surface area contributed by atoms with Gasteiger partial charge >= 0.3 is 0 Å². The average Bonchev–Trinajstić information content (AvgIpc) is 2.35. The van der Waals surface area contributed by atoms with Gasteiger partial charge in [-0.3, -0.25) is 10.1 Å². The van der Waals surface area contributed by atoms with Crippen molar-refractivity contribution in [3.63, 3.8) is 0 Å². The van der Waals surface area contributed by atoms with E-state index < -0.39 is 0 Å². The average molecular weight is 252 g/mol. The molecule has 0 radical (unpaired) electrons. The standard InChI is InChI=1S/C13H20N2O3/c1-9(2)12(14-3)7-10-5-6-11(18-4)8-13(10)15(16)17/h5-6,8-9,12,14H,7H2,1-4H3. The highest BCUT2D eigenvalue weighted by Gasteiger charge is 2.19. The molecule has 0 aromatic heterocycles. The van der Waals surface area contributed by atoms with E-state index in [-0.39, 0.29) is 16.7 Å². The molecule has 18 heavy (non-hydrogen) atoms. The van der Waals surface area contributed by atoms with Gasteiger partial charge in [0.2, 0.25) is 0 Å². The Morgan fingerprint density at radius 1 is 1.44 bits per heavy atom. The first kappa shape index (κ1) is 14.4. The predicted octanol–water partition coefficient (Wildman–Crippen LogP) is 2.39. The molecule has 1 rings (SSSR count). The van der Waals surface area contributed by atoms with Gasteiger partial charge in [-0.2, -0.15) is 0 Å². The lowest BCUT2D eigenvalue weighted by Crippen LogP contribution is -2.32. The minimum atomic E-state index is -0.356. The number of benzene rings is 1. The first-order chi connectivity index (χ1) is 8.49. The molecule has 0 amide bonds. The van der Waals surface area contributed by atoms with Crippen molar-refractivity contribution in [2.75, 3.05) is 14.2 Å². The zero-order chi connectivity index (χ0) is 13.7. The van der Waals surface area contributed by atoms with Crippen LogP contribution in [-0.4, -0.2) is 25.1 Å². The van der Waals surface area contributed by atoms with Crippen molar-refractivity contribution in [2.45, 2.75) is 26.3 Å². The van der Waals surface area contributed by atoms with Gasteiger partial charge in [-0.25, -0.2) is 0 Å². The Labute approximate surface area is 107 Å². The SMILES string of the molecule is CNC(Cc1ccc(OC)cc1[N+](=O)[O-])C(C)C. The maximum Gasteiger partial charge on any atom is 0.276 e. The molecule has 1 aromatic carbocycles. The van der Waals surface area contributed by atoms with E-state index >= 15 is 0 Å². The third-order valence-electron chi connectivity index (χ3n) is 3.10. The quantitative estimate of drug-likeness (QED) is 0.623. The van der Waals surface area contributed by atoms with Crippen molar-refractivity contribution in [3.8, 4) is 5.75 Å². The van der Waals surface area contributed by atoms with Gasteiger partial charge in [0.05, 0.1) is 18.1 Å². The van der Waals surface area contributed by atoms with Gasteiger partial charge < -0.3 is 10.1 Å². The summed E-state index contributed by atoms with van der Waals surface area (Å²) < 4.78 is 5.02.